The van der Waals surface area contributed by atoms with Crippen LogP contribution in [0, 0.1) is 6.92 Å². The minimum atomic E-state index is -0.129. The van der Waals surface area contributed by atoms with Crippen LogP contribution in [0.2, 0.25) is 0 Å². The van der Waals surface area contributed by atoms with Crippen molar-refractivity contribution in [2.24, 2.45) is 0 Å². The van der Waals surface area contributed by atoms with Crippen LogP contribution in [0.15, 0.2) is 10.5 Å². The first-order valence-electron chi connectivity index (χ1n) is 7.88. The largest absolute Gasteiger partial charge is 0.456 e. The molecule has 0 unspecified atom stereocenters. The van der Waals surface area contributed by atoms with E-state index in [4.69, 9.17) is 4.42 Å². The third kappa shape index (κ3) is 4.58. The number of piperidine rings is 1. The number of carbonyl (C=O) groups is 1. The lowest BCUT2D eigenvalue weighted by molar-refractivity contribution is 0.0814. The summed E-state index contributed by atoms with van der Waals surface area (Å²) in [6.45, 7) is 7.43. The van der Waals surface area contributed by atoms with Crippen LogP contribution < -0.4 is 5.32 Å². The van der Waals surface area contributed by atoms with E-state index in [1.165, 1.54) is 0 Å². The highest BCUT2D eigenvalue weighted by molar-refractivity contribution is 5.92. The fourth-order valence-corrected chi connectivity index (χ4v) is 2.68. The maximum Gasteiger partial charge on any atom is 0.287 e. The summed E-state index contributed by atoms with van der Waals surface area (Å²) in [6, 6.07) is 1.92. The number of aliphatic hydroxyl groups is 1. The van der Waals surface area contributed by atoms with Crippen LogP contribution in [0.3, 0.4) is 0 Å². The lowest BCUT2D eigenvalue weighted by Crippen LogP contribution is -2.37. The summed E-state index contributed by atoms with van der Waals surface area (Å²) in [5.41, 5.74) is 0.898. The van der Waals surface area contributed by atoms with E-state index in [-0.39, 0.29) is 12.0 Å². The fraction of sp³-hybridized carbons (Fsp3) is 0.688. The Labute approximate surface area is 126 Å². The first kappa shape index (κ1) is 16.0. The molecule has 1 aromatic heterocycles. The highest BCUT2D eigenvalue weighted by Gasteiger charge is 2.17. The molecule has 0 radical (unpaired) electrons. The molecule has 0 atom stereocenters. The number of hydrogen-bond acceptors (Lipinski definition) is 4. The topological polar surface area (TPSA) is 65.7 Å². The van der Waals surface area contributed by atoms with Gasteiger partial charge in [0.2, 0.25) is 0 Å². The SMILES string of the molecule is CCc1cc(C)c(C(=O)NCCCN2CCC(O)CC2)o1. The molecule has 2 N–H and O–H groups in total. The minimum absolute atomic E-state index is 0.124. The van der Waals surface area contributed by atoms with E-state index < -0.39 is 0 Å². The van der Waals surface area contributed by atoms with Gasteiger partial charge >= 0.3 is 0 Å². The molecule has 1 aromatic rings. The number of likely N-dealkylation sites (tertiary alicyclic amines) is 1. The van der Waals surface area contributed by atoms with Crippen molar-refractivity contribution in [1.82, 2.24) is 10.2 Å². The molecule has 2 heterocycles. The molecule has 118 valence electrons. The zero-order valence-electron chi connectivity index (χ0n) is 13.0. The Balaban J connectivity index is 1.68. The monoisotopic (exact) mass is 294 g/mol. The van der Waals surface area contributed by atoms with Gasteiger partial charge in [0.1, 0.15) is 5.76 Å². The fourth-order valence-electron chi connectivity index (χ4n) is 2.68. The van der Waals surface area contributed by atoms with E-state index in [0.717, 1.165) is 56.6 Å². The van der Waals surface area contributed by atoms with E-state index in [1.54, 1.807) is 0 Å². The Morgan fingerprint density at radius 2 is 2.19 bits per heavy atom. The third-order valence-electron chi connectivity index (χ3n) is 4.02. The molecule has 5 heteroatoms. The molecule has 21 heavy (non-hydrogen) atoms. The predicted octanol–water partition coefficient (Wildman–Crippen LogP) is 1.73. The molecule has 1 fully saturated rings. The summed E-state index contributed by atoms with van der Waals surface area (Å²) in [5, 5.41) is 12.4. The molecule has 0 bridgehead atoms. The van der Waals surface area contributed by atoms with Crippen molar-refractivity contribution in [3.8, 4) is 0 Å². The second kappa shape index (κ2) is 7.61. The highest BCUT2D eigenvalue weighted by atomic mass is 16.4. The maximum atomic E-state index is 12.0. The van der Waals surface area contributed by atoms with Gasteiger partial charge in [-0.3, -0.25) is 4.79 Å². The van der Waals surface area contributed by atoms with Crippen molar-refractivity contribution < 1.29 is 14.3 Å². The van der Waals surface area contributed by atoms with Crippen LogP contribution in [0.1, 0.15) is 48.1 Å². The van der Waals surface area contributed by atoms with Crippen molar-refractivity contribution in [2.75, 3.05) is 26.2 Å². The van der Waals surface area contributed by atoms with Gasteiger partial charge in [0.05, 0.1) is 6.10 Å². The second-order valence-electron chi connectivity index (χ2n) is 5.76. The third-order valence-corrected chi connectivity index (χ3v) is 4.02. The van der Waals surface area contributed by atoms with Crippen LogP contribution in [0.25, 0.3) is 0 Å². The lowest BCUT2D eigenvalue weighted by atomic mass is 10.1. The number of nitrogens with zero attached hydrogens (tertiary/aromatic N) is 1. The van der Waals surface area contributed by atoms with Crippen LogP contribution in [0.4, 0.5) is 0 Å². The number of rotatable bonds is 6. The van der Waals surface area contributed by atoms with E-state index >= 15 is 0 Å². The highest BCUT2D eigenvalue weighted by Crippen LogP contribution is 2.15. The number of hydrogen-bond donors (Lipinski definition) is 2. The van der Waals surface area contributed by atoms with Crippen molar-refractivity contribution in [1.29, 1.82) is 0 Å². The first-order valence-corrected chi connectivity index (χ1v) is 7.88. The quantitative estimate of drug-likeness (QED) is 0.784. The van der Waals surface area contributed by atoms with E-state index in [1.807, 2.05) is 19.9 Å². The van der Waals surface area contributed by atoms with Gasteiger partial charge in [-0.2, -0.15) is 0 Å². The summed E-state index contributed by atoms with van der Waals surface area (Å²) in [6.07, 6.45) is 3.31. The molecular formula is C16H26N2O3. The lowest BCUT2D eigenvalue weighted by Gasteiger charge is -2.29. The maximum absolute atomic E-state index is 12.0. The average molecular weight is 294 g/mol. The van der Waals surface area contributed by atoms with Gasteiger partial charge in [0.15, 0.2) is 5.76 Å². The average Bonchev–Trinajstić information content (AvgIpc) is 2.86. The number of aryl methyl sites for hydroxylation is 2. The standard InChI is InChI=1S/C16H26N2O3/c1-3-14-11-12(2)15(21-14)16(20)17-7-4-8-18-9-5-13(19)6-10-18/h11,13,19H,3-10H2,1-2H3,(H,17,20). The molecule has 2 rings (SSSR count). The van der Waals surface area contributed by atoms with Crippen LogP contribution in [-0.2, 0) is 6.42 Å². The second-order valence-corrected chi connectivity index (χ2v) is 5.76. The molecule has 1 saturated heterocycles. The number of amides is 1. The van der Waals surface area contributed by atoms with E-state index in [0.29, 0.717) is 12.3 Å². The molecule has 5 nitrogen and oxygen atoms in total. The summed E-state index contributed by atoms with van der Waals surface area (Å²) < 4.78 is 5.53. The first-order chi connectivity index (χ1) is 10.1. The number of carbonyl (C=O) groups excluding carboxylic acids is 1. The van der Waals surface area contributed by atoms with Crippen LogP contribution >= 0.6 is 0 Å². The zero-order valence-corrected chi connectivity index (χ0v) is 13.0. The van der Waals surface area contributed by atoms with Gasteiger partial charge in [-0.25, -0.2) is 0 Å². The van der Waals surface area contributed by atoms with Crippen molar-refractivity contribution in [3.63, 3.8) is 0 Å². The molecule has 0 spiro atoms. The molecule has 0 aliphatic carbocycles. The van der Waals surface area contributed by atoms with Crippen LogP contribution in [-0.4, -0.2) is 48.2 Å². The van der Waals surface area contributed by atoms with E-state index in [2.05, 4.69) is 10.2 Å². The van der Waals surface area contributed by atoms with Crippen molar-refractivity contribution >= 4 is 5.91 Å². The Hall–Kier alpha value is -1.33. The Morgan fingerprint density at radius 1 is 1.48 bits per heavy atom. The Bertz CT molecular complexity index is 462. The van der Waals surface area contributed by atoms with Gasteiger partial charge in [-0.15, -0.1) is 0 Å². The molecule has 1 aliphatic heterocycles. The van der Waals surface area contributed by atoms with Crippen molar-refractivity contribution in [3.05, 3.63) is 23.2 Å². The number of aliphatic hydroxyl groups excluding tert-OH is 1. The zero-order chi connectivity index (χ0) is 15.2. The van der Waals surface area contributed by atoms with Gasteiger partial charge in [-0.1, -0.05) is 6.92 Å². The number of furan rings is 1. The number of nitrogens with one attached hydrogen (secondary N) is 1. The van der Waals surface area contributed by atoms with Crippen LogP contribution in [0.5, 0.6) is 0 Å². The molecule has 0 aromatic carbocycles. The van der Waals surface area contributed by atoms with Gasteiger partial charge < -0.3 is 19.7 Å². The summed E-state index contributed by atoms with van der Waals surface area (Å²) in [5.74, 6) is 1.17. The molecular weight excluding hydrogens is 268 g/mol. The van der Waals surface area contributed by atoms with Gasteiger partial charge in [-0.05, 0) is 38.8 Å². The minimum Gasteiger partial charge on any atom is -0.456 e. The summed E-state index contributed by atoms with van der Waals surface area (Å²) >= 11 is 0. The smallest absolute Gasteiger partial charge is 0.287 e. The normalized spacial score (nSPS) is 17.1. The Kier molecular flexibility index (Phi) is 5.82. The molecule has 0 saturated carbocycles. The van der Waals surface area contributed by atoms with Crippen molar-refractivity contribution in [2.45, 2.75) is 45.6 Å². The summed E-state index contributed by atoms with van der Waals surface area (Å²) in [7, 11) is 0. The molecule has 1 amide bonds. The van der Waals surface area contributed by atoms with Gasteiger partial charge in [0, 0.05) is 31.6 Å². The summed E-state index contributed by atoms with van der Waals surface area (Å²) in [4.78, 5) is 14.4. The Morgan fingerprint density at radius 3 is 2.81 bits per heavy atom. The predicted molar refractivity (Wildman–Crippen MR) is 81.5 cm³/mol. The molecule has 1 aliphatic rings. The van der Waals surface area contributed by atoms with Gasteiger partial charge in [0.25, 0.3) is 5.91 Å². The van der Waals surface area contributed by atoms with E-state index in [9.17, 15) is 9.90 Å².